The fourth-order valence-corrected chi connectivity index (χ4v) is 4.34. The van der Waals surface area contributed by atoms with Crippen LogP contribution in [0, 0.1) is 5.82 Å². The van der Waals surface area contributed by atoms with Crippen molar-refractivity contribution in [3.8, 4) is 5.75 Å². The van der Waals surface area contributed by atoms with Crippen LogP contribution in [0.4, 0.5) is 10.1 Å². The minimum atomic E-state index is -4.00. The molecular weight excluding hydrogens is 387 g/mol. The van der Waals surface area contributed by atoms with Gasteiger partial charge in [-0.05, 0) is 35.9 Å². The van der Waals surface area contributed by atoms with Gasteiger partial charge in [0.05, 0.1) is 26.7 Å². The number of carbonyl (C=O) groups is 1. The number of carbonyl (C=O) groups excluding carboxylic acids is 1. The molecule has 0 aliphatic carbocycles. The molecule has 1 N–H and O–H groups in total. The number of morpholine rings is 1. The van der Waals surface area contributed by atoms with Crippen LogP contribution in [-0.2, 0) is 26.0 Å². The molecule has 2 aromatic carbocycles. The summed E-state index contributed by atoms with van der Waals surface area (Å²) in [6, 6.07) is 10.5. The summed E-state index contributed by atoms with van der Waals surface area (Å²) < 4.78 is 51.0. The Labute approximate surface area is 163 Å². The van der Waals surface area contributed by atoms with Crippen molar-refractivity contribution in [2.24, 2.45) is 0 Å². The van der Waals surface area contributed by atoms with Crippen LogP contribution in [0.5, 0.6) is 5.75 Å². The highest BCUT2D eigenvalue weighted by Crippen LogP contribution is 2.24. The van der Waals surface area contributed by atoms with Gasteiger partial charge in [-0.25, -0.2) is 12.8 Å². The van der Waals surface area contributed by atoms with E-state index >= 15 is 0 Å². The Bertz CT molecular complexity index is 941. The predicted octanol–water partition coefficient (Wildman–Crippen LogP) is 2.04. The van der Waals surface area contributed by atoms with Crippen molar-refractivity contribution in [3.63, 3.8) is 0 Å². The van der Waals surface area contributed by atoms with Crippen molar-refractivity contribution < 1.29 is 27.1 Å². The van der Waals surface area contributed by atoms with E-state index in [4.69, 9.17) is 9.47 Å². The Morgan fingerprint density at radius 2 is 1.86 bits per heavy atom. The summed E-state index contributed by atoms with van der Waals surface area (Å²) in [6.07, 6.45) is 0.0902. The molecule has 0 saturated carbocycles. The van der Waals surface area contributed by atoms with Gasteiger partial charge in [0.1, 0.15) is 16.5 Å². The van der Waals surface area contributed by atoms with E-state index < -0.39 is 20.7 Å². The second kappa shape index (κ2) is 8.68. The SMILES string of the molecule is COc1ccc(CC(=O)Nc2ccc(F)c(S(=O)(=O)N3CCOCC3)c2)cc1. The molecule has 1 saturated heterocycles. The normalized spacial score (nSPS) is 15.2. The molecule has 0 atom stereocenters. The van der Waals surface area contributed by atoms with E-state index in [-0.39, 0.29) is 44.3 Å². The van der Waals surface area contributed by atoms with E-state index in [0.717, 1.165) is 17.7 Å². The molecule has 1 aliphatic rings. The first-order chi connectivity index (χ1) is 13.4. The molecule has 0 unspecified atom stereocenters. The third-order valence-electron chi connectivity index (χ3n) is 4.33. The minimum Gasteiger partial charge on any atom is -0.497 e. The highest BCUT2D eigenvalue weighted by molar-refractivity contribution is 7.89. The number of benzene rings is 2. The average molecular weight is 408 g/mol. The van der Waals surface area contributed by atoms with E-state index in [1.165, 1.54) is 10.4 Å². The first kappa shape index (κ1) is 20.2. The van der Waals surface area contributed by atoms with Crippen LogP contribution in [0.1, 0.15) is 5.56 Å². The van der Waals surface area contributed by atoms with Crippen molar-refractivity contribution in [2.45, 2.75) is 11.3 Å². The van der Waals surface area contributed by atoms with Gasteiger partial charge in [0.25, 0.3) is 0 Å². The average Bonchev–Trinajstić information content (AvgIpc) is 2.70. The number of nitrogens with zero attached hydrogens (tertiary/aromatic N) is 1. The Morgan fingerprint density at radius 1 is 1.18 bits per heavy atom. The molecule has 150 valence electrons. The highest BCUT2D eigenvalue weighted by Gasteiger charge is 2.29. The largest absolute Gasteiger partial charge is 0.497 e. The fourth-order valence-electron chi connectivity index (χ4n) is 2.84. The maximum absolute atomic E-state index is 14.2. The third-order valence-corrected chi connectivity index (χ3v) is 6.24. The number of sulfonamides is 1. The molecule has 28 heavy (non-hydrogen) atoms. The Kier molecular flexibility index (Phi) is 6.28. The molecule has 0 radical (unpaired) electrons. The Morgan fingerprint density at radius 3 is 2.50 bits per heavy atom. The number of amides is 1. The van der Waals surface area contributed by atoms with Gasteiger partial charge in [-0.1, -0.05) is 12.1 Å². The van der Waals surface area contributed by atoms with Gasteiger partial charge in [-0.3, -0.25) is 4.79 Å². The lowest BCUT2D eigenvalue weighted by Crippen LogP contribution is -2.40. The zero-order valence-electron chi connectivity index (χ0n) is 15.4. The van der Waals surface area contributed by atoms with Gasteiger partial charge < -0.3 is 14.8 Å². The van der Waals surface area contributed by atoms with Crippen molar-refractivity contribution in [3.05, 3.63) is 53.8 Å². The van der Waals surface area contributed by atoms with E-state index in [0.29, 0.717) is 5.75 Å². The molecule has 9 heteroatoms. The lowest BCUT2D eigenvalue weighted by atomic mass is 10.1. The molecule has 2 aromatic rings. The number of hydrogen-bond acceptors (Lipinski definition) is 5. The van der Waals surface area contributed by atoms with Crippen molar-refractivity contribution in [1.29, 1.82) is 0 Å². The molecular formula is C19H21FN2O5S. The summed E-state index contributed by atoms with van der Waals surface area (Å²) in [6.45, 7) is 0.851. The summed E-state index contributed by atoms with van der Waals surface area (Å²) in [7, 11) is -2.45. The fraction of sp³-hybridized carbons (Fsp3) is 0.316. The van der Waals surface area contributed by atoms with Gasteiger partial charge in [-0.2, -0.15) is 4.31 Å². The topological polar surface area (TPSA) is 84.9 Å². The summed E-state index contributed by atoms with van der Waals surface area (Å²) in [5.74, 6) is -0.521. The third kappa shape index (κ3) is 4.67. The Balaban J connectivity index is 1.74. The van der Waals surface area contributed by atoms with Crippen molar-refractivity contribution in [1.82, 2.24) is 4.31 Å². The summed E-state index contributed by atoms with van der Waals surface area (Å²) >= 11 is 0. The van der Waals surface area contributed by atoms with Gasteiger partial charge in [0, 0.05) is 18.8 Å². The molecule has 1 aliphatic heterocycles. The summed E-state index contributed by atoms with van der Waals surface area (Å²) in [5.41, 5.74) is 0.980. The number of nitrogens with one attached hydrogen (secondary N) is 1. The number of rotatable bonds is 6. The lowest BCUT2D eigenvalue weighted by molar-refractivity contribution is -0.115. The first-order valence-electron chi connectivity index (χ1n) is 8.70. The number of halogens is 1. The van der Waals surface area contributed by atoms with Crippen LogP contribution in [0.15, 0.2) is 47.4 Å². The zero-order valence-corrected chi connectivity index (χ0v) is 16.2. The van der Waals surface area contributed by atoms with Crippen LogP contribution in [0.3, 0.4) is 0 Å². The summed E-state index contributed by atoms with van der Waals surface area (Å²) in [4.78, 5) is 11.8. The first-order valence-corrected chi connectivity index (χ1v) is 10.1. The lowest BCUT2D eigenvalue weighted by Gasteiger charge is -2.26. The Hall–Kier alpha value is -2.49. The molecule has 1 fully saturated rings. The van der Waals surface area contributed by atoms with E-state index in [1.54, 1.807) is 31.4 Å². The molecule has 3 rings (SSSR count). The van der Waals surface area contributed by atoms with Crippen LogP contribution in [-0.4, -0.2) is 52.0 Å². The monoisotopic (exact) mass is 408 g/mol. The smallest absolute Gasteiger partial charge is 0.246 e. The van der Waals surface area contributed by atoms with Crippen molar-refractivity contribution >= 4 is 21.6 Å². The van der Waals surface area contributed by atoms with Gasteiger partial charge in [0.15, 0.2) is 0 Å². The van der Waals surface area contributed by atoms with Gasteiger partial charge in [-0.15, -0.1) is 0 Å². The number of methoxy groups -OCH3 is 1. The molecule has 7 nitrogen and oxygen atoms in total. The summed E-state index contributed by atoms with van der Waals surface area (Å²) in [5, 5.41) is 2.62. The molecule has 0 spiro atoms. The number of ether oxygens (including phenoxy) is 2. The molecule has 0 bridgehead atoms. The van der Waals surface area contributed by atoms with Crippen LogP contribution in [0.25, 0.3) is 0 Å². The van der Waals surface area contributed by atoms with Gasteiger partial charge in [0.2, 0.25) is 15.9 Å². The maximum Gasteiger partial charge on any atom is 0.246 e. The van der Waals surface area contributed by atoms with E-state index in [2.05, 4.69) is 5.32 Å². The van der Waals surface area contributed by atoms with Crippen LogP contribution < -0.4 is 10.1 Å². The van der Waals surface area contributed by atoms with Crippen LogP contribution in [0.2, 0.25) is 0 Å². The quantitative estimate of drug-likeness (QED) is 0.791. The highest BCUT2D eigenvalue weighted by atomic mass is 32.2. The van der Waals surface area contributed by atoms with E-state index in [1.807, 2.05) is 0 Å². The van der Waals surface area contributed by atoms with E-state index in [9.17, 15) is 17.6 Å². The second-order valence-electron chi connectivity index (χ2n) is 6.23. The van der Waals surface area contributed by atoms with Crippen molar-refractivity contribution in [2.75, 3.05) is 38.7 Å². The minimum absolute atomic E-state index is 0.0902. The second-order valence-corrected chi connectivity index (χ2v) is 8.14. The standard InChI is InChI=1S/C19H21FN2O5S/c1-26-16-5-2-14(3-6-16)12-19(23)21-15-4-7-17(20)18(13-15)28(24,25)22-8-10-27-11-9-22/h2-7,13H,8-12H2,1H3,(H,21,23). The molecule has 1 heterocycles. The molecule has 1 amide bonds. The number of hydrogen-bond donors (Lipinski definition) is 1. The van der Waals surface area contributed by atoms with Gasteiger partial charge >= 0.3 is 0 Å². The zero-order chi connectivity index (χ0) is 20.1. The number of anilines is 1. The molecule has 0 aromatic heterocycles. The predicted molar refractivity (Wildman–Crippen MR) is 101 cm³/mol. The maximum atomic E-state index is 14.2. The van der Waals surface area contributed by atoms with Crippen LogP contribution >= 0.6 is 0 Å².